The highest BCUT2D eigenvalue weighted by atomic mass is 32.1. The Kier molecular flexibility index (Phi) is 5.43. The van der Waals surface area contributed by atoms with E-state index in [0.29, 0.717) is 11.3 Å². The molecule has 1 saturated heterocycles. The van der Waals surface area contributed by atoms with Crippen LogP contribution in [0.25, 0.3) is 0 Å². The van der Waals surface area contributed by atoms with Gasteiger partial charge >= 0.3 is 12.1 Å². The first-order valence-electron chi connectivity index (χ1n) is 7.32. The van der Waals surface area contributed by atoms with Gasteiger partial charge in [0, 0.05) is 0 Å². The lowest BCUT2D eigenvalue weighted by Crippen LogP contribution is -2.73. The average Bonchev–Trinajstić information content (AvgIpc) is 2.53. The smallest absolute Gasteiger partial charge is 0.437 e. The maximum Gasteiger partial charge on any atom is 0.437 e. The molecule has 0 radical (unpaired) electrons. The maximum atomic E-state index is 13.5. The molecule has 1 aromatic carbocycles. The zero-order valence-electron chi connectivity index (χ0n) is 13.4. The van der Waals surface area contributed by atoms with Crippen LogP contribution in [0.1, 0.15) is 18.5 Å². The Bertz CT molecular complexity index is 653. The molecule has 0 aliphatic carbocycles. The standard InChI is InChI=1S/C15H17F3N2O4S/c1-3-24-12(21)10-11(8-4-6-9(23-2)7-5-8)19-13(25)20-14(10,22)15(16,17)18/h4-7,10-11,22H,3H2,1-2H3,(H2,19,20,25)/t10-,11-,14+/m1/s1. The van der Waals surface area contributed by atoms with Gasteiger partial charge in [-0.15, -0.1) is 0 Å². The fraction of sp³-hybridized carbons (Fsp3) is 0.467. The summed E-state index contributed by atoms with van der Waals surface area (Å²) in [6.45, 7) is 1.32. The Morgan fingerprint density at radius 3 is 2.44 bits per heavy atom. The molecule has 6 nitrogen and oxygen atoms in total. The molecule has 10 heteroatoms. The molecule has 1 heterocycles. The maximum absolute atomic E-state index is 13.5. The van der Waals surface area contributed by atoms with Gasteiger partial charge in [0.2, 0.25) is 0 Å². The third kappa shape index (κ3) is 3.64. The van der Waals surface area contributed by atoms with E-state index in [2.05, 4.69) is 5.32 Å². The number of esters is 1. The van der Waals surface area contributed by atoms with Gasteiger partial charge in [-0.05, 0) is 36.8 Å². The number of rotatable bonds is 4. The van der Waals surface area contributed by atoms with Gasteiger partial charge in [0.25, 0.3) is 5.72 Å². The molecule has 0 bridgehead atoms. The monoisotopic (exact) mass is 378 g/mol. The number of hydrogen-bond donors (Lipinski definition) is 3. The quantitative estimate of drug-likeness (QED) is 0.543. The molecule has 2 rings (SSSR count). The average molecular weight is 378 g/mol. The minimum Gasteiger partial charge on any atom is -0.497 e. The number of carbonyl (C=O) groups is 1. The molecule has 1 fully saturated rings. The van der Waals surface area contributed by atoms with Crippen molar-refractivity contribution in [2.45, 2.75) is 24.9 Å². The second-order valence-corrected chi connectivity index (χ2v) is 5.75. The van der Waals surface area contributed by atoms with Crippen LogP contribution in [0.2, 0.25) is 0 Å². The van der Waals surface area contributed by atoms with E-state index in [4.69, 9.17) is 21.7 Å². The summed E-state index contributed by atoms with van der Waals surface area (Å²) in [4.78, 5) is 12.2. The zero-order chi connectivity index (χ0) is 18.8. The van der Waals surface area contributed by atoms with Crippen molar-refractivity contribution in [1.29, 1.82) is 0 Å². The highest BCUT2D eigenvalue weighted by Gasteiger charge is 2.66. The van der Waals surface area contributed by atoms with E-state index in [9.17, 15) is 23.1 Å². The van der Waals surface area contributed by atoms with Crippen LogP contribution < -0.4 is 15.4 Å². The van der Waals surface area contributed by atoms with Crippen LogP contribution in [0.3, 0.4) is 0 Å². The van der Waals surface area contributed by atoms with Gasteiger partial charge in [-0.25, -0.2) is 0 Å². The second kappa shape index (κ2) is 7.04. The number of halogens is 3. The molecular formula is C15H17F3N2O4S. The summed E-state index contributed by atoms with van der Waals surface area (Å²) < 4.78 is 50.4. The van der Waals surface area contributed by atoms with Crippen molar-refractivity contribution < 1.29 is 32.5 Å². The van der Waals surface area contributed by atoms with Crippen LogP contribution in [0.4, 0.5) is 13.2 Å². The lowest BCUT2D eigenvalue weighted by atomic mass is 9.82. The van der Waals surface area contributed by atoms with Crippen LogP contribution in [0.15, 0.2) is 24.3 Å². The third-order valence-corrected chi connectivity index (χ3v) is 4.04. The van der Waals surface area contributed by atoms with Crippen molar-refractivity contribution in [3.63, 3.8) is 0 Å². The summed E-state index contributed by atoms with van der Waals surface area (Å²) in [7, 11) is 1.44. The van der Waals surface area contributed by atoms with Crippen LogP contribution in [0.5, 0.6) is 5.75 Å². The van der Waals surface area contributed by atoms with Crippen molar-refractivity contribution >= 4 is 23.3 Å². The van der Waals surface area contributed by atoms with E-state index < -0.39 is 34.9 Å². The fourth-order valence-electron chi connectivity index (χ4n) is 2.63. The van der Waals surface area contributed by atoms with Gasteiger partial charge in [0.05, 0.1) is 19.8 Å². The van der Waals surface area contributed by atoms with Crippen molar-refractivity contribution in [2.24, 2.45) is 5.92 Å². The first kappa shape index (κ1) is 19.3. The molecule has 0 aromatic heterocycles. The van der Waals surface area contributed by atoms with Gasteiger partial charge in [0.1, 0.15) is 11.7 Å². The summed E-state index contributed by atoms with van der Waals surface area (Å²) in [6.07, 6.45) is -5.17. The molecular weight excluding hydrogens is 361 g/mol. The molecule has 1 aromatic rings. The summed E-state index contributed by atoms with van der Waals surface area (Å²) >= 11 is 4.79. The summed E-state index contributed by atoms with van der Waals surface area (Å²) in [5.41, 5.74) is -3.25. The lowest BCUT2D eigenvalue weighted by Gasteiger charge is -2.45. The van der Waals surface area contributed by atoms with Crippen LogP contribution >= 0.6 is 12.2 Å². The molecule has 0 unspecified atom stereocenters. The molecule has 1 aliphatic heterocycles. The highest BCUT2D eigenvalue weighted by molar-refractivity contribution is 7.80. The fourth-order valence-corrected chi connectivity index (χ4v) is 2.91. The van der Waals surface area contributed by atoms with Crippen molar-refractivity contribution in [3.8, 4) is 5.75 Å². The van der Waals surface area contributed by atoms with Crippen molar-refractivity contribution in [3.05, 3.63) is 29.8 Å². The number of alkyl halides is 3. The Morgan fingerprint density at radius 1 is 1.36 bits per heavy atom. The van der Waals surface area contributed by atoms with Gasteiger partial charge < -0.3 is 25.2 Å². The second-order valence-electron chi connectivity index (χ2n) is 5.34. The Labute approximate surface area is 147 Å². The van der Waals surface area contributed by atoms with E-state index in [1.54, 1.807) is 5.32 Å². The number of benzene rings is 1. The van der Waals surface area contributed by atoms with Crippen LogP contribution in [-0.2, 0) is 9.53 Å². The van der Waals surface area contributed by atoms with E-state index in [0.717, 1.165) is 0 Å². The van der Waals surface area contributed by atoms with Crippen LogP contribution in [-0.4, -0.2) is 41.8 Å². The summed E-state index contributed by atoms with van der Waals surface area (Å²) in [6, 6.07) is 4.76. The number of methoxy groups -OCH3 is 1. The molecule has 3 N–H and O–H groups in total. The minimum atomic E-state index is -5.17. The number of ether oxygens (including phenoxy) is 2. The first-order chi connectivity index (χ1) is 11.6. The number of nitrogens with one attached hydrogen (secondary N) is 2. The van der Waals surface area contributed by atoms with Crippen molar-refractivity contribution in [2.75, 3.05) is 13.7 Å². The van der Waals surface area contributed by atoms with Gasteiger partial charge in [0.15, 0.2) is 5.11 Å². The molecule has 3 atom stereocenters. The molecule has 0 amide bonds. The molecule has 138 valence electrons. The molecule has 25 heavy (non-hydrogen) atoms. The third-order valence-electron chi connectivity index (χ3n) is 3.82. The number of aliphatic hydroxyl groups is 1. The lowest BCUT2D eigenvalue weighted by molar-refractivity contribution is -0.292. The zero-order valence-corrected chi connectivity index (χ0v) is 14.2. The van der Waals surface area contributed by atoms with Crippen molar-refractivity contribution in [1.82, 2.24) is 10.6 Å². The molecule has 0 spiro atoms. The SMILES string of the molecule is CCOC(=O)[C@H]1[C@@H](c2ccc(OC)cc2)NC(=S)N[C@@]1(O)C(F)(F)F. The van der Waals surface area contributed by atoms with E-state index in [1.807, 2.05) is 0 Å². The largest absolute Gasteiger partial charge is 0.497 e. The van der Waals surface area contributed by atoms with Crippen LogP contribution in [0, 0.1) is 5.92 Å². The Balaban J connectivity index is 2.53. The summed E-state index contributed by atoms with van der Waals surface area (Å²) in [5, 5.41) is 14.2. The number of thiocarbonyl (C=S) groups is 1. The normalized spacial score (nSPS) is 26.4. The predicted molar refractivity (Wildman–Crippen MR) is 85.7 cm³/mol. The molecule has 0 saturated carbocycles. The minimum absolute atomic E-state index is 0.136. The summed E-state index contributed by atoms with van der Waals surface area (Å²) in [5.74, 6) is -2.72. The van der Waals surface area contributed by atoms with Gasteiger partial charge in [-0.3, -0.25) is 4.79 Å². The van der Waals surface area contributed by atoms with E-state index in [-0.39, 0.29) is 6.61 Å². The highest BCUT2D eigenvalue weighted by Crippen LogP contribution is 2.43. The molecule has 1 aliphatic rings. The Morgan fingerprint density at radius 2 is 1.96 bits per heavy atom. The first-order valence-corrected chi connectivity index (χ1v) is 7.73. The number of carbonyl (C=O) groups excluding carboxylic acids is 1. The Hall–Kier alpha value is -2.07. The number of hydrogen-bond acceptors (Lipinski definition) is 5. The topological polar surface area (TPSA) is 79.8 Å². The predicted octanol–water partition coefficient (Wildman–Crippen LogP) is 1.64. The van der Waals surface area contributed by atoms with Gasteiger partial charge in [-0.1, -0.05) is 12.1 Å². The van der Waals surface area contributed by atoms with E-state index >= 15 is 0 Å². The van der Waals surface area contributed by atoms with Gasteiger partial charge in [-0.2, -0.15) is 13.2 Å². The van der Waals surface area contributed by atoms with E-state index in [1.165, 1.54) is 38.3 Å².